The van der Waals surface area contributed by atoms with E-state index in [-0.39, 0.29) is 24.4 Å². The Morgan fingerprint density at radius 2 is 2.09 bits per heavy atom. The van der Waals surface area contributed by atoms with E-state index in [4.69, 9.17) is 16.3 Å². The molecule has 7 heteroatoms. The van der Waals surface area contributed by atoms with Gasteiger partial charge in [-0.1, -0.05) is 11.6 Å². The van der Waals surface area contributed by atoms with Crippen molar-refractivity contribution >= 4 is 29.9 Å². The molecule has 0 aliphatic carbocycles. The van der Waals surface area contributed by atoms with Crippen LogP contribution in [0.5, 0.6) is 5.75 Å². The van der Waals surface area contributed by atoms with Crippen LogP contribution in [0.2, 0.25) is 5.02 Å². The van der Waals surface area contributed by atoms with Crippen LogP contribution in [-0.2, 0) is 0 Å². The number of carbonyl (C=O) groups excluding carboxylic acids is 1. The quantitative estimate of drug-likeness (QED) is 0.815. The highest BCUT2D eigenvalue weighted by Gasteiger charge is 2.15. The number of nitrogens with one attached hydrogen (secondary N) is 2. The standard InChI is InChI=1S/C16H24ClN3O2.ClH/c1-12(2)22-15-4-3-13(17)11-14(15)16(21)19-7-10-20-8-5-18-6-9-20;/h3-4,11-12,18H,5-10H2,1-2H3,(H,19,21);1H. The lowest BCUT2D eigenvalue weighted by Crippen LogP contribution is -2.46. The second-order valence-electron chi connectivity index (χ2n) is 5.65. The van der Waals surface area contributed by atoms with E-state index >= 15 is 0 Å². The number of hydrogen-bond donors (Lipinski definition) is 2. The molecule has 0 aromatic heterocycles. The lowest BCUT2D eigenvalue weighted by Gasteiger charge is -2.27. The summed E-state index contributed by atoms with van der Waals surface area (Å²) in [6.45, 7) is 9.40. The van der Waals surface area contributed by atoms with Gasteiger partial charge in [0.05, 0.1) is 11.7 Å². The Morgan fingerprint density at radius 1 is 1.39 bits per heavy atom. The van der Waals surface area contributed by atoms with Crippen molar-refractivity contribution in [3.05, 3.63) is 28.8 Å². The summed E-state index contributed by atoms with van der Waals surface area (Å²) in [5.41, 5.74) is 0.488. The molecule has 0 bridgehead atoms. The number of piperazine rings is 1. The van der Waals surface area contributed by atoms with E-state index in [2.05, 4.69) is 15.5 Å². The molecule has 1 aromatic rings. The van der Waals surface area contributed by atoms with Gasteiger partial charge in [0.15, 0.2) is 0 Å². The van der Waals surface area contributed by atoms with Gasteiger partial charge in [0.2, 0.25) is 0 Å². The van der Waals surface area contributed by atoms with Crippen LogP contribution < -0.4 is 15.4 Å². The molecule has 5 nitrogen and oxygen atoms in total. The molecule has 2 rings (SSSR count). The van der Waals surface area contributed by atoms with Crippen LogP contribution >= 0.6 is 24.0 Å². The van der Waals surface area contributed by atoms with Crippen molar-refractivity contribution in [2.45, 2.75) is 20.0 Å². The van der Waals surface area contributed by atoms with Gasteiger partial charge < -0.3 is 15.4 Å². The summed E-state index contributed by atoms with van der Waals surface area (Å²) in [4.78, 5) is 14.7. The zero-order valence-corrected chi connectivity index (χ0v) is 15.2. The molecule has 1 aliphatic rings. The van der Waals surface area contributed by atoms with Gasteiger partial charge >= 0.3 is 0 Å². The molecule has 2 N–H and O–H groups in total. The summed E-state index contributed by atoms with van der Waals surface area (Å²) in [5, 5.41) is 6.79. The number of carbonyl (C=O) groups is 1. The number of amides is 1. The molecular weight excluding hydrogens is 337 g/mol. The van der Waals surface area contributed by atoms with Gasteiger partial charge in [0.25, 0.3) is 5.91 Å². The number of benzene rings is 1. The number of rotatable bonds is 6. The van der Waals surface area contributed by atoms with Gasteiger partial charge in [-0.2, -0.15) is 0 Å². The molecular formula is C16H25Cl2N3O2. The van der Waals surface area contributed by atoms with Crippen LogP contribution in [0.1, 0.15) is 24.2 Å². The maximum Gasteiger partial charge on any atom is 0.255 e. The summed E-state index contributed by atoms with van der Waals surface area (Å²) in [5.74, 6) is 0.423. The molecule has 0 spiro atoms. The van der Waals surface area contributed by atoms with Crippen LogP contribution in [0.25, 0.3) is 0 Å². The fraction of sp³-hybridized carbons (Fsp3) is 0.562. The van der Waals surface area contributed by atoms with Gasteiger partial charge in [-0.3, -0.25) is 9.69 Å². The van der Waals surface area contributed by atoms with E-state index < -0.39 is 0 Å². The number of hydrogen-bond acceptors (Lipinski definition) is 4. The van der Waals surface area contributed by atoms with E-state index in [0.717, 1.165) is 32.7 Å². The van der Waals surface area contributed by atoms with E-state index in [9.17, 15) is 4.79 Å². The van der Waals surface area contributed by atoms with Crippen LogP contribution in [0.3, 0.4) is 0 Å². The molecule has 0 atom stereocenters. The van der Waals surface area contributed by atoms with Crippen molar-refractivity contribution in [1.82, 2.24) is 15.5 Å². The van der Waals surface area contributed by atoms with E-state index in [1.165, 1.54) is 0 Å². The predicted octanol–water partition coefficient (Wildman–Crippen LogP) is 2.18. The molecule has 1 heterocycles. The van der Waals surface area contributed by atoms with Gasteiger partial charge in [-0.25, -0.2) is 0 Å². The second kappa shape index (κ2) is 9.98. The minimum absolute atomic E-state index is 0. The molecule has 130 valence electrons. The first-order chi connectivity index (χ1) is 10.6. The Labute approximate surface area is 149 Å². The summed E-state index contributed by atoms with van der Waals surface area (Å²) in [6, 6.07) is 5.13. The first-order valence-corrected chi connectivity index (χ1v) is 8.11. The SMILES string of the molecule is CC(C)Oc1ccc(Cl)cc1C(=O)NCCN1CCNCC1.Cl. The zero-order valence-electron chi connectivity index (χ0n) is 13.6. The lowest BCUT2D eigenvalue weighted by atomic mass is 10.2. The molecule has 0 saturated carbocycles. The van der Waals surface area contributed by atoms with Crippen molar-refractivity contribution in [2.24, 2.45) is 0 Å². The third-order valence-electron chi connectivity index (χ3n) is 3.47. The minimum Gasteiger partial charge on any atom is -0.490 e. The number of nitrogens with zero attached hydrogens (tertiary/aromatic N) is 1. The summed E-state index contributed by atoms with van der Waals surface area (Å²) < 4.78 is 5.68. The van der Waals surface area contributed by atoms with E-state index in [1.54, 1.807) is 18.2 Å². The molecule has 1 saturated heterocycles. The van der Waals surface area contributed by atoms with Gasteiger partial charge in [-0.15, -0.1) is 12.4 Å². The predicted molar refractivity (Wildman–Crippen MR) is 96.1 cm³/mol. The molecule has 1 amide bonds. The highest BCUT2D eigenvalue weighted by Crippen LogP contribution is 2.23. The molecule has 0 unspecified atom stereocenters. The Bertz CT molecular complexity index is 506. The van der Waals surface area contributed by atoms with E-state index in [1.807, 2.05) is 13.8 Å². The van der Waals surface area contributed by atoms with Gasteiger partial charge in [0, 0.05) is 44.3 Å². The van der Waals surface area contributed by atoms with Crippen LogP contribution in [0.15, 0.2) is 18.2 Å². The van der Waals surface area contributed by atoms with Gasteiger partial charge in [-0.05, 0) is 32.0 Å². The average Bonchev–Trinajstić information content (AvgIpc) is 2.49. The fourth-order valence-corrected chi connectivity index (χ4v) is 2.57. The first-order valence-electron chi connectivity index (χ1n) is 7.74. The Hall–Kier alpha value is -1.01. The van der Waals surface area contributed by atoms with E-state index in [0.29, 0.717) is 22.9 Å². The Morgan fingerprint density at radius 3 is 2.74 bits per heavy atom. The minimum atomic E-state index is -0.145. The average molecular weight is 362 g/mol. The maximum absolute atomic E-state index is 12.4. The summed E-state index contributed by atoms with van der Waals surface area (Å²) in [6.07, 6.45) is 0.00794. The van der Waals surface area contributed by atoms with Crippen molar-refractivity contribution in [3.8, 4) is 5.75 Å². The molecule has 23 heavy (non-hydrogen) atoms. The number of halogens is 2. The maximum atomic E-state index is 12.4. The number of ether oxygens (including phenoxy) is 1. The highest BCUT2D eigenvalue weighted by atomic mass is 35.5. The third-order valence-corrected chi connectivity index (χ3v) is 3.71. The molecule has 1 fully saturated rings. The van der Waals surface area contributed by atoms with Crippen molar-refractivity contribution in [1.29, 1.82) is 0 Å². The van der Waals surface area contributed by atoms with Crippen molar-refractivity contribution in [2.75, 3.05) is 39.3 Å². The Kier molecular flexibility index (Phi) is 8.69. The molecule has 1 aromatic carbocycles. The fourth-order valence-electron chi connectivity index (χ4n) is 2.39. The molecule has 0 radical (unpaired) electrons. The normalized spacial score (nSPS) is 15.1. The Balaban J connectivity index is 0.00000264. The van der Waals surface area contributed by atoms with Crippen molar-refractivity contribution in [3.63, 3.8) is 0 Å². The van der Waals surface area contributed by atoms with Crippen molar-refractivity contribution < 1.29 is 9.53 Å². The van der Waals surface area contributed by atoms with Crippen LogP contribution in [0.4, 0.5) is 0 Å². The third kappa shape index (κ3) is 6.55. The highest BCUT2D eigenvalue weighted by molar-refractivity contribution is 6.31. The lowest BCUT2D eigenvalue weighted by molar-refractivity contribution is 0.0941. The summed E-state index contributed by atoms with van der Waals surface area (Å²) >= 11 is 6.00. The second-order valence-corrected chi connectivity index (χ2v) is 6.09. The monoisotopic (exact) mass is 361 g/mol. The summed E-state index contributed by atoms with van der Waals surface area (Å²) in [7, 11) is 0. The first kappa shape index (κ1) is 20.0. The van der Waals surface area contributed by atoms with Gasteiger partial charge in [0.1, 0.15) is 5.75 Å². The van der Waals surface area contributed by atoms with Crippen LogP contribution in [0, 0.1) is 0 Å². The topological polar surface area (TPSA) is 53.6 Å². The smallest absolute Gasteiger partial charge is 0.255 e. The molecule has 1 aliphatic heterocycles. The zero-order chi connectivity index (χ0) is 15.9. The largest absolute Gasteiger partial charge is 0.490 e. The van der Waals surface area contributed by atoms with Crippen LogP contribution in [-0.4, -0.2) is 56.2 Å².